The molecule has 2 aliphatic rings. The molecule has 0 bridgehead atoms. The Kier molecular flexibility index (Phi) is 7.65. The molecule has 0 aliphatic carbocycles. The molecule has 2 aromatic rings. The number of benzene rings is 1. The van der Waals surface area contributed by atoms with Gasteiger partial charge in [0.15, 0.2) is 5.96 Å². The average molecular weight is 425 g/mol. The number of aliphatic imine (C=N–C) groups is 1. The van der Waals surface area contributed by atoms with Crippen molar-refractivity contribution in [1.82, 2.24) is 15.5 Å². The quantitative estimate of drug-likeness (QED) is 0.501. The number of nitrogens with zero attached hydrogens (tertiary/aromatic N) is 2. The molecular formula is C25H36N4O2. The van der Waals surface area contributed by atoms with Crippen LogP contribution >= 0.6 is 0 Å². The molecule has 1 aromatic carbocycles. The highest BCUT2D eigenvalue weighted by Crippen LogP contribution is 2.25. The molecule has 31 heavy (non-hydrogen) atoms. The lowest BCUT2D eigenvalue weighted by Gasteiger charge is -2.33. The molecule has 2 fully saturated rings. The van der Waals surface area contributed by atoms with E-state index in [2.05, 4.69) is 52.8 Å². The molecule has 3 heterocycles. The zero-order chi connectivity index (χ0) is 21.4. The van der Waals surface area contributed by atoms with Gasteiger partial charge >= 0.3 is 0 Å². The lowest BCUT2D eigenvalue weighted by atomic mass is 10.0. The number of furan rings is 1. The van der Waals surface area contributed by atoms with Crippen LogP contribution in [0.3, 0.4) is 0 Å². The van der Waals surface area contributed by atoms with Crippen molar-refractivity contribution in [3.05, 3.63) is 60.1 Å². The minimum atomic E-state index is -0.130. The molecule has 0 radical (unpaired) electrons. The van der Waals surface area contributed by atoms with Crippen LogP contribution in [0, 0.1) is 0 Å². The van der Waals surface area contributed by atoms with Crippen molar-refractivity contribution in [1.29, 1.82) is 0 Å². The van der Waals surface area contributed by atoms with E-state index in [9.17, 15) is 0 Å². The summed E-state index contributed by atoms with van der Waals surface area (Å²) in [5, 5.41) is 7.19. The predicted molar refractivity (Wildman–Crippen MR) is 124 cm³/mol. The van der Waals surface area contributed by atoms with Crippen LogP contribution in [0.15, 0.2) is 58.1 Å². The first-order chi connectivity index (χ1) is 15.2. The number of guanidine groups is 1. The smallest absolute Gasteiger partial charge is 0.191 e. The zero-order valence-electron chi connectivity index (χ0n) is 18.7. The van der Waals surface area contributed by atoms with Crippen molar-refractivity contribution in [3.63, 3.8) is 0 Å². The maximum Gasteiger partial charge on any atom is 0.191 e. The van der Waals surface area contributed by atoms with Crippen molar-refractivity contribution in [2.24, 2.45) is 4.99 Å². The number of hydrogen-bond donors (Lipinski definition) is 2. The van der Waals surface area contributed by atoms with E-state index < -0.39 is 0 Å². The predicted octanol–water partition coefficient (Wildman–Crippen LogP) is 3.59. The third kappa shape index (κ3) is 6.84. The van der Waals surface area contributed by atoms with Crippen LogP contribution in [0.1, 0.15) is 43.9 Å². The molecule has 1 unspecified atom stereocenters. The van der Waals surface area contributed by atoms with Crippen molar-refractivity contribution in [2.75, 3.05) is 32.8 Å². The van der Waals surface area contributed by atoms with E-state index in [-0.39, 0.29) is 5.60 Å². The molecule has 1 atom stereocenters. The van der Waals surface area contributed by atoms with Gasteiger partial charge in [-0.3, -0.25) is 9.89 Å². The number of rotatable bonds is 8. The van der Waals surface area contributed by atoms with E-state index in [4.69, 9.17) is 14.1 Å². The fraction of sp³-hybridized carbons (Fsp3) is 0.560. The summed E-state index contributed by atoms with van der Waals surface area (Å²) < 4.78 is 11.4. The topological polar surface area (TPSA) is 62.0 Å². The lowest BCUT2D eigenvalue weighted by molar-refractivity contribution is 0.0283. The first-order valence-electron chi connectivity index (χ1n) is 11.7. The molecule has 1 aromatic heterocycles. The van der Waals surface area contributed by atoms with Gasteiger partial charge in [-0.1, -0.05) is 30.3 Å². The second-order valence-electron chi connectivity index (χ2n) is 9.00. The van der Waals surface area contributed by atoms with Gasteiger partial charge in [0.05, 0.1) is 18.4 Å². The highest BCUT2D eigenvalue weighted by molar-refractivity contribution is 5.80. The monoisotopic (exact) mass is 424 g/mol. The van der Waals surface area contributed by atoms with Crippen molar-refractivity contribution >= 4 is 5.96 Å². The van der Waals surface area contributed by atoms with Crippen LogP contribution in [-0.4, -0.2) is 55.3 Å². The molecule has 2 N–H and O–H groups in total. The van der Waals surface area contributed by atoms with Gasteiger partial charge in [0, 0.05) is 45.2 Å². The van der Waals surface area contributed by atoms with Gasteiger partial charge in [-0.2, -0.15) is 0 Å². The summed E-state index contributed by atoms with van der Waals surface area (Å²) in [5.41, 5.74) is 1.26. The molecule has 4 rings (SSSR count). The van der Waals surface area contributed by atoms with E-state index >= 15 is 0 Å². The zero-order valence-corrected chi connectivity index (χ0v) is 18.7. The largest absolute Gasteiger partial charge is 0.469 e. The molecule has 2 aliphatic heterocycles. The Balaban J connectivity index is 1.28. The third-order valence-corrected chi connectivity index (χ3v) is 6.29. The first kappa shape index (κ1) is 21.9. The van der Waals surface area contributed by atoms with E-state index in [0.717, 1.165) is 76.6 Å². The van der Waals surface area contributed by atoms with Gasteiger partial charge < -0.3 is 19.8 Å². The second kappa shape index (κ2) is 10.8. The number of piperidine rings is 1. The van der Waals surface area contributed by atoms with Crippen molar-refractivity contribution in [2.45, 2.75) is 57.2 Å². The minimum absolute atomic E-state index is 0.130. The Morgan fingerprint density at radius 3 is 2.71 bits per heavy atom. The maximum atomic E-state index is 5.93. The van der Waals surface area contributed by atoms with Crippen LogP contribution < -0.4 is 10.6 Å². The minimum Gasteiger partial charge on any atom is -0.469 e. The molecule has 0 amide bonds. The fourth-order valence-electron chi connectivity index (χ4n) is 4.39. The molecule has 168 valence electrons. The Bertz CT molecular complexity index is 792. The van der Waals surface area contributed by atoms with Crippen LogP contribution in [0.5, 0.6) is 0 Å². The molecule has 2 saturated heterocycles. The summed E-state index contributed by atoms with van der Waals surface area (Å²) in [5.74, 6) is 1.89. The number of likely N-dealkylation sites (tertiary alicyclic amines) is 1. The van der Waals surface area contributed by atoms with E-state index in [1.54, 1.807) is 6.26 Å². The van der Waals surface area contributed by atoms with E-state index in [0.29, 0.717) is 12.6 Å². The summed E-state index contributed by atoms with van der Waals surface area (Å²) in [6, 6.07) is 15.1. The van der Waals surface area contributed by atoms with E-state index in [1.165, 1.54) is 5.56 Å². The third-order valence-electron chi connectivity index (χ3n) is 6.29. The van der Waals surface area contributed by atoms with Gasteiger partial charge in [-0.05, 0) is 50.3 Å². The maximum absolute atomic E-state index is 5.93. The molecule has 0 spiro atoms. The number of hydrogen-bond acceptors (Lipinski definition) is 4. The normalized spacial score (nSPS) is 23.2. The first-order valence-corrected chi connectivity index (χ1v) is 11.7. The van der Waals surface area contributed by atoms with Gasteiger partial charge in [0.1, 0.15) is 5.76 Å². The molecule has 6 nitrogen and oxygen atoms in total. The number of nitrogens with one attached hydrogen (secondary N) is 2. The van der Waals surface area contributed by atoms with Crippen LogP contribution in [0.25, 0.3) is 0 Å². The summed E-state index contributed by atoms with van der Waals surface area (Å²) >= 11 is 0. The second-order valence-corrected chi connectivity index (χ2v) is 9.00. The van der Waals surface area contributed by atoms with Gasteiger partial charge in [-0.25, -0.2) is 0 Å². The molecule has 0 saturated carbocycles. The van der Waals surface area contributed by atoms with Crippen LogP contribution in [0.4, 0.5) is 0 Å². The molecule has 6 heteroatoms. The van der Waals surface area contributed by atoms with Crippen LogP contribution in [0.2, 0.25) is 0 Å². The Labute approximate surface area is 186 Å². The highest BCUT2D eigenvalue weighted by atomic mass is 16.5. The van der Waals surface area contributed by atoms with Crippen molar-refractivity contribution in [3.8, 4) is 0 Å². The fourth-order valence-corrected chi connectivity index (χ4v) is 4.39. The Hall–Kier alpha value is -2.31. The van der Waals surface area contributed by atoms with Crippen LogP contribution in [-0.2, 0) is 17.7 Å². The van der Waals surface area contributed by atoms with Crippen molar-refractivity contribution < 1.29 is 9.15 Å². The highest BCUT2D eigenvalue weighted by Gasteiger charge is 2.29. The van der Waals surface area contributed by atoms with E-state index in [1.807, 2.05) is 12.1 Å². The molecular weight excluding hydrogens is 388 g/mol. The van der Waals surface area contributed by atoms with Gasteiger partial charge in [-0.15, -0.1) is 0 Å². The lowest BCUT2D eigenvalue weighted by Crippen LogP contribution is -2.49. The summed E-state index contributed by atoms with van der Waals surface area (Å²) in [7, 11) is 0. The Morgan fingerprint density at radius 2 is 2.00 bits per heavy atom. The standard InChI is InChI=1S/C25H36N4O2/c1-25(13-6-18-31-25)20-27-24(26-14-10-23-9-5-17-30-23)28-22-11-15-29(16-12-22)19-21-7-3-2-4-8-21/h2-5,7-9,17,22H,6,10-16,18-20H2,1H3,(H2,26,27,28). The Morgan fingerprint density at radius 1 is 1.16 bits per heavy atom. The SMILES string of the molecule is CC1(CN=C(NCCc2ccco2)NC2CCN(Cc3ccccc3)CC2)CCCO1. The van der Waals surface area contributed by atoms with Gasteiger partial charge in [0.2, 0.25) is 0 Å². The summed E-state index contributed by atoms with van der Waals surface area (Å²) in [6.07, 6.45) is 7.02. The summed E-state index contributed by atoms with van der Waals surface area (Å²) in [4.78, 5) is 7.45. The number of ether oxygens (including phenoxy) is 1. The van der Waals surface area contributed by atoms with Gasteiger partial charge in [0.25, 0.3) is 0 Å². The summed E-state index contributed by atoms with van der Waals surface area (Å²) in [6.45, 7) is 7.75. The average Bonchev–Trinajstić information content (AvgIpc) is 3.46.